The molecule has 162 valence electrons. The van der Waals surface area contributed by atoms with E-state index in [1.165, 1.54) is 7.11 Å². The third kappa shape index (κ3) is 8.85. The highest BCUT2D eigenvalue weighted by Gasteiger charge is 2.22. The molecular formula is C21H32N2O6. The van der Waals surface area contributed by atoms with Crippen molar-refractivity contribution in [3.05, 3.63) is 23.8 Å². The summed E-state index contributed by atoms with van der Waals surface area (Å²) in [6.07, 6.45) is 1.16. The fourth-order valence-corrected chi connectivity index (χ4v) is 2.79. The topological polar surface area (TPSA) is 103 Å². The van der Waals surface area contributed by atoms with Gasteiger partial charge in [0.25, 0.3) is 0 Å². The van der Waals surface area contributed by atoms with Gasteiger partial charge >= 0.3 is 5.97 Å². The Labute approximate surface area is 172 Å². The van der Waals surface area contributed by atoms with E-state index in [2.05, 4.69) is 10.6 Å². The maximum Gasteiger partial charge on any atom is 0.328 e. The molecule has 1 aromatic rings. The first-order valence-electron chi connectivity index (χ1n) is 9.65. The second-order valence-electron chi connectivity index (χ2n) is 7.06. The molecule has 0 heterocycles. The highest BCUT2D eigenvalue weighted by molar-refractivity contribution is 5.87. The molecule has 2 N–H and O–H groups in total. The average Bonchev–Trinajstić information content (AvgIpc) is 2.70. The number of rotatable bonds is 12. The molecule has 0 saturated carbocycles. The molecule has 0 aliphatic rings. The Balaban J connectivity index is 2.39. The van der Waals surface area contributed by atoms with E-state index in [1.54, 1.807) is 14.2 Å². The van der Waals surface area contributed by atoms with Crippen LogP contribution in [0.5, 0.6) is 11.5 Å². The van der Waals surface area contributed by atoms with Crippen molar-refractivity contribution in [1.29, 1.82) is 0 Å². The number of ether oxygens (including phenoxy) is 3. The number of carbonyl (C=O) groups excluding carboxylic acids is 3. The lowest BCUT2D eigenvalue weighted by Crippen LogP contribution is -2.42. The summed E-state index contributed by atoms with van der Waals surface area (Å²) in [7, 11) is 4.43. The number of hydrogen-bond acceptors (Lipinski definition) is 6. The van der Waals surface area contributed by atoms with Gasteiger partial charge in [-0.1, -0.05) is 19.9 Å². The van der Waals surface area contributed by atoms with Crippen molar-refractivity contribution < 1.29 is 28.6 Å². The zero-order valence-electron chi connectivity index (χ0n) is 17.9. The highest BCUT2D eigenvalue weighted by atomic mass is 16.5. The van der Waals surface area contributed by atoms with E-state index in [1.807, 2.05) is 32.0 Å². The van der Waals surface area contributed by atoms with Crippen LogP contribution in [-0.2, 0) is 25.5 Å². The van der Waals surface area contributed by atoms with E-state index in [4.69, 9.17) is 14.2 Å². The van der Waals surface area contributed by atoms with E-state index < -0.39 is 12.0 Å². The average molecular weight is 408 g/mol. The van der Waals surface area contributed by atoms with Gasteiger partial charge in [0.05, 0.1) is 21.3 Å². The quantitative estimate of drug-likeness (QED) is 0.512. The summed E-state index contributed by atoms with van der Waals surface area (Å²) in [6, 6.07) is 4.89. The zero-order chi connectivity index (χ0) is 21.8. The Bertz CT molecular complexity index is 690. The lowest BCUT2D eigenvalue weighted by molar-refractivity contribution is -0.145. The molecule has 0 fully saturated rings. The smallest absolute Gasteiger partial charge is 0.328 e. The first-order valence-corrected chi connectivity index (χ1v) is 9.65. The third-order valence-electron chi connectivity index (χ3n) is 4.29. The minimum absolute atomic E-state index is 0.00772. The lowest BCUT2D eigenvalue weighted by atomic mass is 10.0. The summed E-state index contributed by atoms with van der Waals surface area (Å²) in [5, 5.41) is 5.43. The molecule has 1 rings (SSSR count). The molecule has 0 bridgehead atoms. The number of amides is 2. The van der Waals surface area contributed by atoms with Crippen LogP contribution in [0.2, 0.25) is 0 Å². The van der Waals surface area contributed by atoms with Crippen LogP contribution in [0.15, 0.2) is 18.2 Å². The highest BCUT2D eigenvalue weighted by Crippen LogP contribution is 2.27. The molecule has 1 aromatic carbocycles. The molecular weight excluding hydrogens is 376 g/mol. The standard InChI is InChI=1S/C21H32N2O6/c1-14(2)12-16(21(26)29-5)23-20(25)9-8-19(24)22-11-10-15-6-7-17(27-3)18(13-15)28-4/h6-7,13-14,16H,8-12H2,1-5H3,(H,22,24)(H,23,25). The van der Waals surface area contributed by atoms with Gasteiger partial charge in [0.1, 0.15) is 6.04 Å². The number of benzene rings is 1. The van der Waals surface area contributed by atoms with Gasteiger partial charge in [-0.05, 0) is 36.5 Å². The Morgan fingerprint density at radius 3 is 2.21 bits per heavy atom. The Kier molecular flexibility index (Phi) is 10.6. The molecule has 0 radical (unpaired) electrons. The van der Waals surface area contributed by atoms with Crippen LogP contribution in [0, 0.1) is 5.92 Å². The number of hydrogen-bond donors (Lipinski definition) is 2. The summed E-state index contributed by atoms with van der Waals surface area (Å²) in [5.41, 5.74) is 0.996. The maximum atomic E-state index is 12.1. The number of nitrogens with one attached hydrogen (secondary N) is 2. The van der Waals surface area contributed by atoms with Crippen LogP contribution >= 0.6 is 0 Å². The van der Waals surface area contributed by atoms with Gasteiger partial charge in [-0.2, -0.15) is 0 Å². The fraction of sp³-hybridized carbons (Fsp3) is 0.571. The Hall–Kier alpha value is -2.77. The molecule has 1 unspecified atom stereocenters. The summed E-state index contributed by atoms with van der Waals surface area (Å²) >= 11 is 0. The van der Waals surface area contributed by atoms with Gasteiger partial charge in [0.15, 0.2) is 11.5 Å². The SMILES string of the molecule is COC(=O)C(CC(C)C)NC(=O)CCC(=O)NCCc1ccc(OC)c(OC)c1. The second-order valence-corrected chi connectivity index (χ2v) is 7.06. The fourth-order valence-electron chi connectivity index (χ4n) is 2.79. The van der Waals surface area contributed by atoms with E-state index in [0.717, 1.165) is 5.56 Å². The van der Waals surface area contributed by atoms with Crippen molar-refractivity contribution in [1.82, 2.24) is 10.6 Å². The van der Waals surface area contributed by atoms with Crippen LogP contribution in [0.4, 0.5) is 0 Å². The molecule has 8 heteroatoms. The second kappa shape index (κ2) is 12.6. The van der Waals surface area contributed by atoms with Crippen molar-refractivity contribution in [3.8, 4) is 11.5 Å². The predicted octanol–water partition coefficient (Wildman–Crippen LogP) is 1.85. The molecule has 2 amide bonds. The van der Waals surface area contributed by atoms with E-state index >= 15 is 0 Å². The first-order chi connectivity index (χ1) is 13.8. The van der Waals surface area contributed by atoms with Gasteiger partial charge in [-0.25, -0.2) is 4.79 Å². The van der Waals surface area contributed by atoms with Crippen LogP contribution in [-0.4, -0.2) is 51.7 Å². The monoisotopic (exact) mass is 408 g/mol. The molecule has 0 aliphatic carbocycles. The minimum Gasteiger partial charge on any atom is -0.493 e. The van der Waals surface area contributed by atoms with Gasteiger partial charge in [0.2, 0.25) is 11.8 Å². The Morgan fingerprint density at radius 2 is 1.62 bits per heavy atom. The van der Waals surface area contributed by atoms with Crippen molar-refractivity contribution in [2.24, 2.45) is 5.92 Å². The normalized spacial score (nSPS) is 11.5. The van der Waals surface area contributed by atoms with Crippen LogP contribution in [0.3, 0.4) is 0 Å². The Morgan fingerprint density at radius 1 is 0.966 bits per heavy atom. The minimum atomic E-state index is -0.694. The summed E-state index contributed by atoms with van der Waals surface area (Å²) in [4.78, 5) is 35.8. The number of esters is 1. The zero-order valence-corrected chi connectivity index (χ0v) is 17.9. The molecule has 0 aromatic heterocycles. The van der Waals surface area contributed by atoms with Crippen molar-refractivity contribution >= 4 is 17.8 Å². The lowest BCUT2D eigenvalue weighted by Gasteiger charge is -2.18. The third-order valence-corrected chi connectivity index (χ3v) is 4.29. The van der Waals surface area contributed by atoms with Crippen molar-refractivity contribution in [3.63, 3.8) is 0 Å². The largest absolute Gasteiger partial charge is 0.493 e. The summed E-state index contributed by atoms with van der Waals surface area (Å²) in [5.74, 6) is 0.449. The first kappa shape index (κ1) is 24.3. The van der Waals surface area contributed by atoms with Crippen LogP contribution in [0.1, 0.15) is 38.7 Å². The molecule has 0 saturated heterocycles. The molecule has 0 spiro atoms. The van der Waals surface area contributed by atoms with Crippen LogP contribution in [0.25, 0.3) is 0 Å². The summed E-state index contributed by atoms with van der Waals surface area (Å²) in [6.45, 7) is 4.34. The van der Waals surface area contributed by atoms with Gasteiger partial charge in [-0.15, -0.1) is 0 Å². The van der Waals surface area contributed by atoms with Gasteiger partial charge in [0, 0.05) is 19.4 Å². The van der Waals surface area contributed by atoms with Crippen molar-refractivity contribution in [2.45, 2.75) is 45.6 Å². The maximum absolute atomic E-state index is 12.1. The van der Waals surface area contributed by atoms with Crippen LogP contribution < -0.4 is 20.1 Å². The molecule has 0 aliphatic heterocycles. The summed E-state index contributed by atoms with van der Waals surface area (Å²) < 4.78 is 15.2. The van der Waals surface area contributed by atoms with Gasteiger partial charge in [-0.3, -0.25) is 9.59 Å². The number of carbonyl (C=O) groups is 3. The predicted molar refractivity (Wildman–Crippen MR) is 109 cm³/mol. The van der Waals surface area contributed by atoms with Gasteiger partial charge < -0.3 is 24.8 Å². The molecule has 29 heavy (non-hydrogen) atoms. The van der Waals surface area contributed by atoms with E-state index in [-0.39, 0.29) is 30.6 Å². The number of methoxy groups -OCH3 is 3. The van der Waals surface area contributed by atoms with Crippen molar-refractivity contribution in [2.75, 3.05) is 27.9 Å². The molecule has 1 atom stereocenters. The van der Waals surface area contributed by atoms with E-state index in [9.17, 15) is 14.4 Å². The molecule has 8 nitrogen and oxygen atoms in total. The van der Waals surface area contributed by atoms with E-state index in [0.29, 0.717) is 30.9 Å².